The summed E-state index contributed by atoms with van der Waals surface area (Å²) in [6.45, 7) is 2.24. The van der Waals surface area contributed by atoms with Crippen LogP contribution < -0.4 is 10.3 Å². The molecule has 3 rings (SSSR count). The first-order valence-corrected chi connectivity index (χ1v) is 8.56. The van der Waals surface area contributed by atoms with Gasteiger partial charge in [0.15, 0.2) is 0 Å². The Morgan fingerprint density at radius 1 is 0.917 bits per heavy atom. The van der Waals surface area contributed by atoms with Gasteiger partial charge in [-0.2, -0.15) is 0 Å². The zero-order valence-electron chi connectivity index (χ0n) is 14.0. The van der Waals surface area contributed by atoms with Crippen molar-refractivity contribution in [3.8, 4) is 16.8 Å². The van der Waals surface area contributed by atoms with Gasteiger partial charge in [0, 0.05) is 12.1 Å². The lowest BCUT2D eigenvalue weighted by molar-refractivity contribution is -0.670. The van der Waals surface area contributed by atoms with Crippen molar-refractivity contribution < 1.29 is 9.20 Å². The van der Waals surface area contributed by atoms with Crippen LogP contribution in [0.15, 0.2) is 64.0 Å². The Kier molecular flexibility index (Phi) is 5.26. The van der Waals surface area contributed by atoms with Crippen LogP contribution in [0.3, 0.4) is 0 Å². The smallest absolute Gasteiger partial charge is 0.283 e. The fourth-order valence-electron chi connectivity index (χ4n) is 2.81. The molecule has 1 aromatic heterocycles. The number of aromatic amines is 1. The molecule has 0 spiro atoms. The second-order valence-corrected chi connectivity index (χ2v) is 6.07. The second kappa shape index (κ2) is 7.77. The van der Waals surface area contributed by atoms with Gasteiger partial charge in [-0.05, 0) is 51.6 Å². The molecule has 0 saturated heterocycles. The molecule has 0 fully saturated rings. The van der Waals surface area contributed by atoms with Crippen molar-refractivity contribution in [3.05, 3.63) is 70.7 Å². The van der Waals surface area contributed by atoms with E-state index < -0.39 is 5.63 Å². The molecule has 4 nitrogen and oxygen atoms in total. The van der Waals surface area contributed by atoms with Gasteiger partial charge in [-0.1, -0.05) is 50.5 Å². The van der Waals surface area contributed by atoms with Gasteiger partial charge in [0.05, 0.1) is 0 Å². The van der Waals surface area contributed by atoms with Crippen LogP contribution in [0.5, 0.6) is 0 Å². The van der Waals surface area contributed by atoms with Crippen LogP contribution in [-0.2, 0) is 6.42 Å². The number of H-pyrrole nitrogens is 1. The van der Waals surface area contributed by atoms with E-state index in [1.165, 1.54) is 43.0 Å². The molecule has 1 heterocycles. The predicted molar refractivity (Wildman–Crippen MR) is 94.1 cm³/mol. The Morgan fingerprint density at radius 3 is 2.17 bits per heavy atom. The summed E-state index contributed by atoms with van der Waals surface area (Å²) in [5.41, 5.74) is 4.22. The van der Waals surface area contributed by atoms with E-state index in [9.17, 15) is 4.79 Å². The van der Waals surface area contributed by atoms with Gasteiger partial charge in [-0.25, -0.2) is 4.79 Å². The molecule has 2 aromatic carbocycles. The molecular formula is C20H23N2O2+. The molecular weight excluding hydrogens is 300 g/mol. The summed E-state index contributed by atoms with van der Waals surface area (Å²) in [5.74, 6) is 0. The third kappa shape index (κ3) is 4.02. The van der Waals surface area contributed by atoms with E-state index >= 15 is 0 Å². The first-order chi connectivity index (χ1) is 11.8. The number of aryl methyl sites for hydroxylation is 1. The minimum Gasteiger partial charge on any atom is -0.283 e. The van der Waals surface area contributed by atoms with Gasteiger partial charge >= 0.3 is 5.63 Å². The number of benzene rings is 2. The molecule has 0 unspecified atom stereocenters. The molecule has 0 amide bonds. The molecule has 0 aliphatic carbocycles. The average molecular weight is 323 g/mol. The molecule has 1 N–H and O–H groups in total. The summed E-state index contributed by atoms with van der Waals surface area (Å²) < 4.78 is 6.24. The molecule has 124 valence electrons. The fourth-order valence-corrected chi connectivity index (χ4v) is 2.81. The number of hydrogen-bond donors (Lipinski definition) is 1. The van der Waals surface area contributed by atoms with Gasteiger partial charge < -0.3 is 0 Å². The summed E-state index contributed by atoms with van der Waals surface area (Å²) in [6, 6.07) is 16.8. The third-order valence-electron chi connectivity index (χ3n) is 4.23. The van der Waals surface area contributed by atoms with Gasteiger partial charge in [0.1, 0.15) is 0 Å². The highest BCUT2D eigenvalue weighted by atomic mass is 16.5. The number of unbranched alkanes of at least 4 members (excludes halogenated alkanes) is 3. The maximum Gasteiger partial charge on any atom is 0.427 e. The van der Waals surface area contributed by atoms with Gasteiger partial charge in [0.2, 0.25) is 5.69 Å². The highest BCUT2D eigenvalue weighted by Crippen LogP contribution is 2.21. The van der Waals surface area contributed by atoms with Crippen LogP contribution in [0.25, 0.3) is 16.8 Å². The Hall–Kier alpha value is -2.62. The summed E-state index contributed by atoms with van der Waals surface area (Å²) >= 11 is 0. The van der Waals surface area contributed by atoms with Crippen LogP contribution in [0.2, 0.25) is 0 Å². The molecule has 0 atom stereocenters. The van der Waals surface area contributed by atoms with Crippen molar-refractivity contribution in [2.24, 2.45) is 0 Å². The van der Waals surface area contributed by atoms with E-state index in [1.54, 1.807) is 4.68 Å². The average Bonchev–Trinajstić information content (AvgIpc) is 3.06. The highest BCUT2D eigenvalue weighted by Gasteiger charge is 2.10. The van der Waals surface area contributed by atoms with E-state index in [-0.39, 0.29) is 0 Å². The summed E-state index contributed by atoms with van der Waals surface area (Å²) in [4.78, 5) is 11.1. The van der Waals surface area contributed by atoms with Gasteiger partial charge in [0.25, 0.3) is 6.20 Å². The Morgan fingerprint density at radius 2 is 1.58 bits per heavy atom. The minimum atomic E-state index is -0.395. The van der Waals surface area contributed by atoms with Crippen LogP contribution in [0.1, 0.15) is 38.2 Å². The lowest BCUT2D eigenvalue weighted by Gasteiger charge is -2.05. The fraction of sp³-hybridized carbons (Fsp3) is 0.300. The standard InChI is InChI=1S/C20H22N2O2/c1-2-3-4-5-6-16-7-9-17(10-8-16)18-11-13-19(14-12-18)22-15-20(23)24-21-22/h7-15H,2-6H2,1H3/p+1. The zero-order valence-corrected chi connectivity index (χ0v) is 14.0. The quantitative estimate of drug-likeness (QED) is 0.527. The van der Waals surface area contributed by atoms with Crippen LogP contribution >= 0.6 is 0 Å². The summed E-state index contributed by atoms with van der Waals surface area (Å²) in [6.07, 6.45) is 7.71. The lowest BCUT2D eigenvalue weighted by Crippen LogP contribution is -2.31. The molecule has 0 radical (unpaired) electrons. The molecule has 0 aliphatic rings. The van der Waals surface area contributed by atoms with Gasteiger partial charge in [-0.15, -0.1) is 0 Å². The van der Waals surface area contributed by atoms with Crippen LogP contribution in [0, 0.1) is 0 Å². The Labute approximate surface area is 141 Å². The minimum absolute atomic E-state index is 0.395. The van der Waals surface area contributed by atoms with Crippen molar-refractivity contribution in [2.45, 2.75) is 39.0 Å². The SMILES string of the molecule is CCCCCCc1ccc(-c2ccc(-[n+]3cc(=O)o[nH]3)cc2)cc1. The van der Waals surface area contributed by atoms with Crippen LogP contribution in [-0.4, -0.2) is 5.27 Å². The molecule has 0 bridgehead atoms. The van der Waals surface area contributed by atoms with E-state index in [0.29, 0.717) is 0 Å². The highest BCUT2D eigenvalue weighted by molar-refractivity contribution is 5.64. The van der Waals surface area contributed by atoms with Crippen molar-refractivity contribution in [3.63, 3.8) is 0 Å². The topological polar surface area (TPSA) is 49.9 Å². The predicted octanol–water partition coefficient (Wildman–Crippen LogP) is 4.03. The summed E-state index contributed by atoms with van der Waals surface area (Å²) in [7, 11) is 0. The van der Waals surface area contributed by atoms with E-state index in [4.69, 9.17) is 0 Å². The molecule has 3 aromatic rings. The number of hydrogen-bond acceptors (Lipinski definition) is 2. The first-order valence-electron chi connectivity index (χ1n) is 8.56. The number of aromatic nitrogens is 2. The van der Waals surface area contributed by atoms with Crippen molar-refractivity contribution >= 4 is 0 Å². The zero-order chi connectivity index (χ0) is 16.8. The maximum atomic E-state index is 11.1. The lowest BCUT2D eigenvalue weighted by atomic mass is 10.0. The monoisotopic (exact) mass is 323 g/mol. The van der Waals surface area contributed by atoms with Gasteiger partial charge in [-0.3, -0.25) is 4.52 Å². The van der Waals surface area contributed by atoms with E-state index in [0.717, 1.165) is 17.7 Å². The van der Waals surface area contributed by atoms with Crippen molar-refractivity contribution in [1.82, 2.24) is 5.27 Å². The van der Waals surface area contributed by atoms with E-state index in [2.05, 4.69) is 41.0 Å². The maximum absolute atomic E-state index is 11.1. The number of nitrogens with one attached hydrogen (secondary N) is 1. The molecule has 0 aliphatic heterocycles. The molecule has 24 heavy (non-hydrogen) atoms. The first kappa shape index (κ1) is 16.2. The van der Waals surface area contributed by atoms with E-state index in [1.807, 2.05) is 24.3 Å². The Balaban J connectivity index is 1.67. The largest absolute Gasteiger partial charge is 0.427 e. The second-order valence-electron chi connectivity index (χ2n) is 6.07. The number of nitrogens with zero attached hydrogens (tertiary/aromatic N) is 1. The summed E-state index contributed by atoms with van der Waals surface area (Å²) in [5, 5.41) is 2.55. The molecule has 4 heteroatoms. The van der Waals surface area contributed by atoms with Crippen LogP contribution in [0.4, 0.5) is 0 Å². The van der Waals surface area contributed by atoms with Crippen molar-refractivity contribution in [1.29, 1.82) is 0 Å². The third-order valence-corrected chi connectivity index (χ3v) is 4.23. The molecule has 0 saturated carbocycles. The Bertz CT molecular complexity index is 814. The normalized spacial score (nSPS) is 10.9. The van der Waals surface area contributed by atoms with Crippen molar-refractivity contribution in [2.75, 3.05) is 0 Å². The number of rotatable bonds is 7.